The summed E-state index contributed by atoms with van der Waals surface area (Å²) < 4.78 is 40.4. The van der Waals surface area contributed by atoms with Crippen molar-refractivity contribution in [3.05, 3.63) is 82.0 Å². The third-order valence-corrected chi connectivity index (χ3v) is 5.23. The number of hydrogen-bond acceptors (Lipinski definition) is 2. The Balaban J connectivity index is 1.59. The summed E-state index contributed by atoms with van der Waals surface area (Å²) in [7, 11) is 0. The van der Waals surface area contributed by atoms with Crippen LogP contribution in [0.1, 0.15) is 16.0 Å². The van der Waals surface area contributed by atoms with Gasteiger partial charge in [0.05, 0.1) is 11.3 Å². The van der Waals surface area contributed by atoms with Crippen molar-refractivity contribution in [1.29, 1.82) is 0 Å². The molecule has 0 aliphatic heterocycles. The number of rotatable bonds is 3. The van der Waals surface area contributed by atoms with E-state index in [9.17, 15) is 13.2 Å². The van der Waals surface area contributed by atoms with E-state index in [1.807, 2.05) is 41.1 Å². The van der Waals surface area contributed by atoms with Gasteiger partial charge >= 0.3 is 6.18 Å². The molecular weight excluding hydrogens is 381 g/mol. The molecule has 26 heavy (non-hydrogen) atoms. The van der Waals surface area contributed by atoms with Crippen LogP contribution in [-0.2, 0) is 12.6 Å². The first-order valence-electron chi connectivity index (χ1n) is 7.78. The highest BCUT2D eigenvalue weighted by molar-refractivity contribution is 7.17. The summed E-state index contributed by atoms with van der Waals surface area (Å²) in [6.45, 7) is 0. The molecule has 0 aliphatic carbocycles. The summed E-state index contributed by atoms with van der Waals surface area (Å²) in [6, 6.07) is 12.8. The fraction of sp³-hybridized carbons (Fsp3) is 0.105. The number of thiazole rings is 1. The Morgan fingerprint density at radius 2 is 1.81 bits per heavy atom. The van der Waals surface area contributed by atoms with Crippen molar-refractivity contribution in [2.24, 2.45) is 0 Å². The van der Waals surface area contributed by atoms with Gasteiger partial charge in [0.15, 0.2) is 4.96 Å². The van der Waals surface area contributed by atoms with Gasteiger partial charge in [0.1, 0.15) is 0 Å². The van der Waals surface area contributed by atoms with E-state index in [1.165, 1.54) is 23.5 Å². The Morgan fingerprint density at radius 3 is 2.50 bits per heavy atom. The standard InChI is InChI=1S/C19H12ClF3N2S/c20-15-6-4-13(5-7-15)17-11-25-10-16(26-18(25)24-17)9-12-2-1-3-14(8-12)19(21,22)23/h1-8,10-11H,9H2. The summed E-state index contributed by atoms with van der Waals surface area (Å²) in [4.78, 5) is 6.35. The van der Waals surface area contributed by atoms with Gasteiger partial charge < -0.3 is 0 Å². The minimum absolute atomic E-state index is 0.439. The van der Waals surface area contributed by atoms with Crippen LogP contribution in [0.5, 0.6) is 0 Å². The molecule has 2 nitrogen and oxygen atoms in total. The second kappa shape index (κ2) is 6.45. The highest BCUT2D eigenvalue weighted by atomic mass is 35.5. The summed E-state index contributed by atoms with van der Waals surface area (Å²) in [5, 5.41) is 0.665. The SMILES string of the molecule is FC(F)(F)c1cccc(Cc2cn3cc(-c4ccc(Cl)cc4)nc3s2)c1. The first-order valence-corrected chi connectivity index (χ1v) is 8.97. The van der Waals surface area contributed by atoms with E-state index in [-0.39, 0.29) is 0 Å². The quantitative estimate of drug-likeness (QED) is 0.398. The van der Waals surface area contributed by atoms with Crippen LogP contribution in [-0.4, -0.2) is 9.38 Å². The number of aromatic nitrogens is 2. The second-order valence-electron chi connectivity index (χ2n) is 5.90. The molecule has 0 spiro atoms. The van der Waals surface area contributed by atoms with Gasteiger partial charge in [0.2, 0.25) is 0 Å². The highest BCUT2D eigenvalue weighted by Crippen LogP contribution is 2.31. The number of fused-ring (bicyclic) bond motifs is 1. The van der Waals surface area contributed by atoms with Gasteiger partial charge in [0, 0.05) is 34.3 Å². The van der Waals surface area contributed by atoms with Crippen molar-refractivity contribution >= 4 is 27.9 Å². The van der Waals surface area contributed by atoms with Crippen LogP contribution in [0.25, 0.3) is 16.2 Å². The molecule has 4 aromatic rings. The van der Waals surface area contributed by atoms with Crippen molar-refractivity contribution in [1.82, 2.24) is 9.38 Å². The molecule has 132 valence electrons. The first kappa shape index (κ1) is 17.1. The van der Waals surface area contributed by atoms with Crippen LogP contribution in [0.15, 0.2) is 60.9 Å². The Hall–Kier alpha value is -2.31. The maximum absolute atomic E-state index is 12.8. The second-order valence-corrected chi connectivity index (χ2v) is 7.43. The molecule has 0 aliphatic rings. The van der Waals surface area contributed by atoms with E-state index < -0.39 is 11.7 Å². The number of alkyl halides is 3. The summed E-state index contributed by atoms with van der Waals surface area (Å²) in [5.74, 6) is 0. The van der Waals surface area contributed by atoms with Gasteiger partial charge in [-0.05, 0) is 23.8 Å². The molecule has 0 amide bonds. The zero-order chi connectivity index (χ0) is 18.3. The van der Waals surface area contributed by atoms with Crippen LogP contribution in [0.4, 0.5) is 13.2 Å². The third kappa shape index (κ3) is 3.48. The van der Waals surface area contributed by atoms with E-state index in [1.54, 1.807) is 6.07 Å². The molecule has 0 atom stereocenters. The van der Waals surface area contributed by atoms with Gasteiger partial charge in [-0.25, -0.2) is 4.98 Å². The van der Waals surface area contributed by atoms with Gasteiger partial charge in [-0.1, -0.05) is 41.9 Å². The Morgan fingerprint density at radius 1 is 1.04 bits per heavy atom. The largest absolute Gasteiger partial charge is 0.416 e. The van der Waals surface area contributed by atoms with Crippen molar-refractivity contribution in [2.75, 3.05) is 0 Å². The molecule has 2 heterocycles. The smallest absolute Gasteiger partial charge is 0.297 e. The summed E-state index contributed by atoms with van der Waals surface area (Å²) >= 11 is 7.37. The number of halogens is 4. The molecule has 0 N–H and O–H groups in total. The molecule has 0 saturated heterocycles. The van der Waals surface area contributed by atoms with E-state index in [4.69, 9.17) is 11.6 Å². The van der Waals surface area contributed by atoms with Crippen molar-refractivity contribution in [3.8, 4) is 11.3 Å². The maximum atomic E-state index is 12.8. The van der Waals surface area contributed by atoms with Gasteiger partial charge in [0.25, 0.3) is 0 Å². The topological polar surface area (TPSA) is 17.3 Å². The monoisotopic (exact) mass is 392 g/mol. The zero-order valence-corrected chi connectivity index (χ0v) is 14.9. The van der Waals surface area contributed by atoms with Crippen molar-refractivity contribution in [3.63, 3.8) is 0 Å². The normalized spacial score (nSPS) is 12.0. The predicted octanol–water partition coefficient (Wildman–Crippen LogP) is 6.33. The molecule has 0 radical (unpaired) electrons. The molecule has 4 rings (SSSR count). The summed E-state index contributed by atoms with van der Waals surface area (Å²) in [6.07, 6.45) is -0.0703. The third-order valence-electron chi connectivity index (χ3n) is 3.98. The van der Waals surface area contributed by atoms with Crippen molar-refractivity contribution < 1.29 is 13.2 Å². The Bertz CT molecular complexity index is 1030. The first-order chi connectivity index (χ1) is 12.4. The average molecular weight is 393 g/mol. The highest BCUT2D eigenvalue weighted by Gasteiger charge is 2.30. The number of nitrogens with zero attached hydrogens (tertiary/aromatic N) is 2. The van der Waals surface area contributed by atoms with Crippen LogP contribution in [0.2, 0.25) is 5.02 Å². The zero-order valence-electron chi connectivity index (χ0n) is 13.3. The van der Waals surface area contributed by atoms with Crippen LogP contribution < -0.4 is 0 Å². The fourth-order valence-corrected chi connectivity index (χ4v) is 3.86. The lowest BCUT2D eigenvalue weighted by molar-refractivity contribution is -0.137. The molecule has 0 unspecified atom stereocenters. The van der Waals surface area contributed by atoms with E-state index in [2.05, 4.69) is 4.98 Å². The number of imidazole rings is 1. The molecule has 0 fully saturated rings. The lowest BCUT2D eigenvalue weighted by atomic mass is 10.1. The van der Waals surface area contributed by atoms with Gasteiger partial charge in [-0.15, -0.1) is 11.3 Å². The predicted molar refractivity (Wildman–Crippen MR) is 97.8 cm³/mol. The molecule has 7 heteroatoms. The lowest BCUT2D eigenvalue weighted by Gasteiger charge is -2.07. The lowest BCUT2D eigenvalue weighted by Crippen LogP contribution is -2.05. The number of benzene rings is 2. The van der Waals surface area contributed by atoms with E-state index >= 15 is 0 Å². The van der Waals surface area contributed by atoms with E-state index in [0.29, 0.717) is 17.0 Å². The molecular formula is C19H12ClF3N2S. The summed E-state index contributed by atoms with van der Waals surface area (Å²) in [5.41, 5.74) is 1.80. The number of hydrogen-bond donors (Lipinski definition) is 0. The van der Waals surface area contributed by atoms with Gasteiger partial charge in [-0.2, -0.15) is 13.2 Å². The van der Waals surface area contributed by atoms with Crippen LogP contribution in [0.3, 0.4) is 0 Å². The minimum Gasteiger partial charge on any atom is -0.297 e. The maximum Gasteiger partial charge on any atom is 0.416 e. The minimum atomic E-state index is -4.33. The molecule has 0 saturated carbocycles. The Kier molecular flexibility index (Phi) is 4.25. The molecule has 0 bridgehead atoms. The van der Waals surface area contributed by atoms with E-state index in [0.717, 1.165) is 27.2 Å². The average Bonchev–Trinajstić information content (AvgIpc) is 3.13. The van der Waals surface area contributed by atoms with Crippen LogP contribution >= 0.6 is 22.9 Å². The van der Waals surface area contributed by atoms with Crippen molar-refractivity contribution in [2.45, 2.75) is 12.6 Å². The molecule has 2 aromatic carbocycles. The van der Waals surface area contributed by atoms with Crippen LogP contribution in [0, 0.1) is 0 Å². The molecule has 2 aromatic heterocycles. The Labute approximate surface area is 156 Å². The van der Waals surface area contributed by atoms with Gasteiger partial charge in [-0.3, -0.25) is 4.40 Å². The fourth-order valence-electron chi connectivity index (χ4n) is 2.74.